The number of likely N-dealkylation sites (tertiary alicyclic amines) is 1. The highest BCUT2D eigenvalue weighted by atomic mass is 16.5. The molecule has 1 aromatic rings. The van der Waals surface area contributed by atoms with E-state index < -0.39 is 34.5 Å². The highest BCUT2D eigenvalue weighted by Gasteiger charge is 2.43. The summed E-state index contributed by atoms with van der Waals surface area (Å²) < 4.78 is 4.65. The molecule has 140 valence electrons. The summed E-state index contributed by atoms with van der Waals surface area (Å²) in [6.45, 7) is 2.39. The van der Waals surface area contributed by atoms with Gasteiger partial charge in [-0.15, -0.1) is 0 Å². The van der Waals surface area contributed by atoms with Gasteiger partial charge in [-0.25, -0.2) is 4.90 Å². The number of ether oxygens (including phenoxy) is 1. The van der Waals surface area contributed by atoms with Crippen molar-refractivity contribution in [1.29, 1.82) is 0 Å². The molecule has 9 heteroatoms. The predicted molar refractivity (Wildman–Crippen MR) is 84.9 cm³/mol. The molecule has 1 aliphatic rings. The molecule has 0 amide bonds. The van der Waals surface area contributed by atoms with Crippen molar-refractivity contribution in [2.75, 3.05) is 19.7 Å². The van der Waals surface area contributed by atoms with Gasteiger partial charge < -0.3 is 35.4 Å². The van der Waals surface area contributed by atoms with E-state index >= 15 is 0 Å². The van der Waals surface area contributed by atoms with E-state index in [9.17, 15) is 35.4 Å². The fourth-order valence-electron chi connectivity index (χ4n) is 3.11. The third-order valence-electron chi connectivity index (χ3n) is 4.74. The Hall–Kier alpha value is -2.23. The number of hydrogen-bond donors (Lipinski definition) is 6. The van der Waals surface area contributed by atoms with Gasteiger partial charge in [-0.05, 0) is 32.1 Å². The number of aliphatic hydroxyl groups is 2. The Labute approximate surface area is 144 Å². The minimum atomic E-state index is -2.78. The van der Waals surface area contributed by atoms with E-state index in [1.165, 1.54) is 11.8 Å². The fourth-order valence-corrected chi connectivity index (χ4v) is 3.11. The number of carbonyl (C=O) groups excluding carboxylic acids is 1. The molecule has 0 bridgehead atoms. The van der Waals surface area contributed by atoms with Crippen LogP contribution in [0.3, 0.4) is 0 Å². The normalized spacial score (nSPS) is 16.8. The molecule has 0 aromatic heterocycles. The van der Waals surface area contributed by atoms with E-state index in [-0.39, 0.29) is 24.6 Å². The highest BCUT2D eigenvalue weighted by molar-refractivity contribution is 5.64. The number of carbonyl (C=O) groups is 1. The average Bonchev–Trinajstić information content (AvgIpc) is 2.59. The summed E-state index contributed by atoms with van der Waals surface area (Å²) >= 11 is 0. The number of piperidine rings is 1. The minimum Gasteiger partial charge on any atom is -0.504 e. The van der Waals surface area contributed by atoms with Gasteiger partial charge in [0.15, 0.2) is 23.0 Å². The first-order valence-electron chi connectivity index (χ1n) is 7.93. The van der Waals surface area contributed by atoms with Gasteiger partial charge in [-0.1, -0.05) is 0 Å². The van der Waals surface area contributed by atoms with Crippen molar-refractivity contribution in [2.45, 2.75) is 32.1 Å². The molecule has 1 aliphatic heterocycles. The van der Waals surface area contributed by atoms with Crippen molar-refractivity contribution in [3.05, 3.63) is 11.1 Å². The van der Waals surface area contributed by atoms with E-state index in [0.717, 1.165) is 0 Å². The first-order chi connectivity index (χ1) is 11.7. The van der Waals surface area contributed by atoms with Crippen LogP contribution in [0.25, 0.3) is 0 Å². The summed E-state index contributed by atoms with van der Waals surface area (Å²) in [6, 6.07) is 0. The van der Waals surface area contributed by atoms with E-state index in [1.54, 1.807) is 0 Å². The second-order valence-corrected chi connectivity index (χ2v) is 6.22. The van der Waals surface area contributed by atoms with Crippen LogP contribution in [0, 0.1) is 12.8 Å². The lowest BCUT2D eigenvalue weighted by molar-refractivity contribution is -0.282. The second kappa shape index (κ2) is 7.34. The number of phenolic OH excluding ortho intramolecular Hbond substituents is 4. The van der Waals surface area contributed by atoms with Gasteiger partial charge in [0.1, 0.15) is 5.56 Å². The molecule has 2 rings (SSSR count). The third-order valence-corrected chi connectivity index (χ3v) is 4.74. The van der Waals surface area contributed by atoms with Gasteiger partial charge >= 0.3 is 0 Å². The van der Waals surface area contributed by atoms with Crippen LogP contribution >= 0.6 is 0 Å². The Morgan fingerprint density at radius 3 is 2.08 bits per heavy atom. The first-order valence-corrected chi connectivity index (χ1v) is 7.93. The topological polar surface area (TPSA) is 151 Å². The Morgan fingerprint density at radius 1 is 1.08 bits per heavy atom. The van der Waals surface area contributed by atoms with Crippen LogP contribution in [0.15, 0.2) is 0 Å². The molecule has 9 nitrogen and oxygen atoms in total. The number of benzene rings is 1. The molecule has 1 fully saturated rings. The average molecular weight is 357 g/mol. The minimum absolute atomic E-state index is 0.177. The lowest BCUT2D eigenvalue weighted by Crippen LogP contribution is -2.50. The first kappa shape index (κ1) is 19.1. The Kier molecular flexibility index (Phi) is 5.61. The summed E-state index contributed by atoms with van der Waals surface area (Å²) in [5.74, 6) is -5.83. The molecule has 0 unspecified atom stereocenters. The highest BCUT2D eigenvalue weighted by Crippen LogP contribution is 2.50. The monoisotopic (exact) mass is 357 g/mol. The zero-order chi connectivity index (χ0) is 18.8. The molecule has 25 heavy (non-hydrogen) atoms. The second-order valence-electron chi connectivity index (χ2n) is 6.22. The molecule has 1 aromatic carbocycles. The molecule has 6 N–H and O–H groups in total. The molecular weight excluding hydrogens is 334 g/mol. The lowest BCUT2D eigenvalue weighted by atomic mass is 9.92. The molecule has 0 atom stereocenters. The quantitative estimate of drug-likeness (QED) is 0.138. The molecule has 0 radical (unpaired) electrons. The molecule has 1 saturated heterocycles. The van der Waals surface area contributed by atoms with Crippen LogP contribution in [0.4, 0.5) is 0 Å². The number of nitrogens with zero attached hydrogens (tertiary/aromatic N) is 1. The predicted octanol–water partition coefficient (Wildman–Crippen LogP) is 0.187. The van der Waals surface area contributed by atoms with Gasteiger partial charge in [0.25, 0.3) is 12.4 Å². The zero-order valence-electron chi connectivity index (χ0n) is 13.8. The van der Waals surface area contributed by atoms with Crippen LogP contribution in [0.1, 0.15) is 30.4 Å². The number of aromatic hydroxyl groups is 4. The molecular formula is C16H23NO8. The van der Waals surface area contributed by atoms with Crippen LogP contribution in [-0.2, 0) is 15.4 Å². The summed E-state index contributed by atoms with van der Waals surface area (Å²) in [7, 11) is 0. The summed E-state index contributed by atoms with van der Waals surface area (Å²) in [6.07, 6.45) is 1.81. The number of rotatable bonds is 6. The standard InChI is InChI=1S/C16H23NO8/c1-9-12(19)14(21)11(15(22)13(9)20)16(23,24)17-5-2-10(3-6-17)4-7-25-8-18/h8,10,19-24H,2-7H2,1H3. The maximum atomic E-state index is 10.5. The van der Waals surface area contributed by atoms with Crippen LogP contribution in [0.5, 0.6) is 23.0 Å². The summed E-state index contributed by atoms with van der Waals surface area (Å²) in [5.41, 5.74) is -0.945. The van der Waals surface area contributed by atoms with Crippen molar-refractivity contribution in [3.63, 3.8) is 0 Å². The van der Waals surface area contributed by atoms with E-state index in [4.69, 9.17) is 0 Å². The summed E-state index contributed by atoms with van der Waals surface area (Å²) in [5, 5.41) is 60.6. The Balaban J connectivity index is 2.19. The summed E-state index contributed by atoms with van der Waals surface area (Å²) in [4.78, 5) is 11.4. The fraction of sp³-hybridized carbons (Fsp3) is 0.562. The van der Waals surface area contributed by atoms with Gasteiger partial charge in [-0.3, -0.25) is 4.79 Å². The van der Waals surface area contributed by atoms with Crippen LogP contribution in [-0.4, -0.2) is 61.7 Å². The molecule has 0 spiro atoms. The van der Waals surface area contributed by atoms with Crippen molar-refractivity contribution in [3.8, 4) is 23.0 Å². The molecule has 0 saturated carbocycles. The maximum Gasteiger partial charge on any atom is 0.293 e. The van der Waals surface area contributed by atoms with Crippen molar-refractivity contribution in [2.24, 2.45) is 5.92 Å². The van der Waals surface area contributed by atoms with Gasteiger partial charge in [-0.2, -0.15) is 0 Å². The van der Waals surface area contributed by atoms with E-state index in [2.05, 4.69) is 4.74 Å². The zero-order valence-corrected chi connectivity index (χ0v) is 13.8. The SMILES string of the molecule is Cc1c(O)c(O)c(C(O)(O)N2CCC(CCOC=O)CC2)c(O)c1O. The third kappa shape index (κ3) is 3.58. The molecule has 1 heterocycles. The number of hydrogen-bond acceptors (Lipinski definition) is 9. The van der Waals surface area contributed by atoms with E-state index in [1.807, 2.05) is 0 Å². The lowest BCUT2D eigenvalue weighted by Gasteiger charge is -2.40. The number of phenols is 4. The van der Waals surface area contributed by atoms with Crippen molar-refractivity contribution < 1.29 is 40.2 Å². The van der Waals surface area contributed by atoms with E-state index in [0.29, 0.717) is 32.3 Å². The Morgan fingerprint density at radius 2 is 1.60 bits per heavy atom. The van der Waals surface area contributed by atoms with Crippen molar-refractivity contribution in [1.82, 2.24) is 4.90 Å². The van der Waals surface area contributed by atoms with Gasteiger partial charge in [0.05, 0.1) is 6.61 Å². The maximum absolute atomic E-state index is 10.5. The van der Waals surface area contributed by atoms with Gasteiger partial charge in [0.2, 0.25) is 0 Å². The molecule has 0 aliphatic carbocycles. The van der Waals surface area contributed by atoms with Crippen LogP contribution in [0.2, 0.25) is 0 Å². The van der Waals surface area contributed by atoms with Crippen molar-refractivity contribution >= 4 is 6.47 Å². The van der Waals surface area contributed by atoms with Gasteiger partial charge in [0, 0.05) is 18.7 Å². The smallest absolute Gasteiger partial charge is 0.293 e. The largest absolute Gasteiger partial charge is 0.504 e. The Bertz CT molecular complexity index is 609. The van der Waals surface area contributed by atoms with Crippen LogP contribution < -0.4 is 0 Å².